The second-order valence-corrected chi connectivity index (χ2v) is 6.81. The van der Waals surface area contributed by atoms with Gasteiger partial charge in [-0.05, 0) is 19.3 Å². The molecule has 0 saturated heterocycles. The molecule has 0 aromatic rings. The highest BCUT2D eigenvalue weighted by molar-refractivity contribution is 4.59. The minimum atomic E-state index is -5.39. The van der Waals surface area contributed by atoms with Crippen LogP contribution < -0.4 is 0 Å². The molecule has 0 fully saturated rings. The van der Waals surface area contributed by atoms with E-state index in [-0.39, 0.29) is 33.0 Å². The van der Waals surface area contributed by atoms with Crippen molar-refractivity contribution >= 4 is 0 Å². The zero-order valence-corrected chi connectivity index (χ0v) is 18.2. The molecule has 0 aliphatic rings. The lowest BCUT2D eigenvalue weighted by Crippen LogP contribution is -2.44. The maximum Gasteiger partial charge on any atom is 0.495 e. The van der Waals surface area contributed by atoms with Crippen LogP contribution in [0.2, 0.25) is 0 Å². The van der Waals surface area contributed by atoms with E-state index in [0.717, 1.165) is 0 Å². The van der Waals surface area contributed by atoms with E-state index in [1.54, 1.807) is 6.92 Å². The van der Waals surface area contributed by atoms with Crippen molar-refractivity contribution in [2.24, 2.45) is 0 Å². The lowest BCUT2D eigenvalue weighted by molar-refractivity contribution is -0.518. The minimum absolute atomic E-state index is 0.0444. The summed E-state index contributed by atoms with van der Waals surface area (Å²) in [5.74, 6) is 0. The second kappa shape index (κ2) is 16.8. The Kier molecular flexibility index (Phi) is 16.4. The van der Waals surface area contributed by atoms with E-state index in [1.165, 1.54) is 0 Å². The van der Waals surface area contributed by atoms with Gasteiger partial charge in [0.25, 0.3) is 0 Å². The van der Waals surface area contributed by atoms with Gasteiger partial charge >= 0.3 is 18.5 Å². The molecule has 0 radical (unpaired) electrons. The molecule has 9 nitrogen and oxygen atoms in total. The third-order valence-electron chi connectivity index (χ3n) is 3.55. The normalized spacial score (nSPS) is 15.1. The fourth-order valence-electron chi connectivity index (χ4n) is 1.97. The van der Waals surface area contributed by atoms with Crippen molar-refractivity contribution in [1.82, 2.24) is 0 Å². The highest BCUT2D eigenvalue weighted by Gasteiger charge is 2.52. The summed E-state index contributed by atoms with van der Waals surface area (Å²) in [6.07, 6.45) is -15.5. The van der Waals surface area contributed by atoms with Gasteiger partial charge in [0.2, 0.25) is 0 Å². The summed E-state index contributed by atoms with van der Waals surface area (Å²) >= 11 is 0. The zero-order valence-electron chi connectivity index (χ0n) is 18.2. The predicted octanol–water partition coefficient (Wildman–Crippen LogP) is 1.73. The Labute approximate surface area is 187 Å². The van der Waals surface area contributed by atoms with E-state index in [2.05, 4.69) is 18.9 Å². The van der Waals surface area contributed by atoms with Crippen LogP contribution in [0.3, 0.4) is 0 Å². The lowest BCUT2D eigenvalue weighted by Gasteiger charge is -2.26. The molecule has 15 heteroatoms. The maximum atomic E-state index is 13.5. The van der Waals surface area contributed by atoms with Gasteiger partial charge in [-0.15, -0.1) is 8.78 Å². The van der Waals surface area contributed by atoms with Crippen LogP contribution in [0.1, 0.15) is 26.2 Å². The van der Waals surface area contributed by atoms with Crippen LogP contribution in [0.25, 0.3) is 0 Å². The first-order valence-electron chi connectivity index (χ1n) is 10.1. The van der Waals surface area contributed by atoms with Crippen LogP contribution in [-0.2, 0) is 28.4 Å². The van der Waals surface area contributed by atoms with Crippen molar-refractivity contribution in [3.8, 4) is 0 Å². The molecule has 0 rings (SSSR count). The number of aliphatic hydroxyl groups is 3. The van der Waals surface area contributed by atoms with Crippen molar-refractivity contribution in [3.05, 3.63) is 0 Å². The Bertz CT molecular complexity index is 488. The Morgan fingerprint density at radius 2 is 1.15 bits per heavy atom. The molecule has 3 N–H and O–H groups in total. The molecular weight excluding hydrogens is 474 g/mol. The third-order valence-corrected chi connectivity index (χ3v) is 3.55. The molecule has 33 heavy (non-hydrogen) atoms. The molecule has 0 aliphatic carbocycles. The molecule has 2 atom stereocenters. The Morgan fingerprint density at radius 3 is 1.73 bits per heavy atom. The van der Waals surface area contributed by atoms with Gasteiger partial charge in [0, 0.05) is 13.2 Å². The fraction of sp³-hybridized carbons (Fsp3) is 1.00. The molecule has 0 bridgehead atoms. The van der Waals surface area contributed by atoms with Gasteiger partial charge in [0.15, 0.2) is 0 Å². The van der Waals surface area contributed by atoms with Crippen LogP contribution in [0.5, 0.6) is 0 Å². The van der Waals surface area contributed by atoms with Crippen molar-refractivity contribution in [2.45, 2.75) is 56.9 Å². The highest BCUT2D eigenvalue weighted by atomic mass is 19.3. The summed E-state index contributed by atoms with van der Waals surface area (Å²) in [6, 6.07) is 0. The van der Waals surface area contributed by atoms with Gasteiger partial charge in [-0.3, -0.25) is 0 Å². The van der Waals surface area contributed by atoms with Gasteiger partial charge in [0.05, 0.1) is 39.1 Å². The Balaban J connectivity index is 4.19. The van der Waals surface area contributed by atoms with Crippen LogP contribution in [0.4, 0.5) is 26.3 Å². The first-order valence-corrected chi connectivity index (χ1v) is 10.1. The molecule has 0 aromatic carbocycles. The monoisotopic (exact) mass is 506 g/mol. The fourth-order valence-corrected chi connectivity index (χ4v) is 1.97. The standard InChI is InChI=1S/C18H32F6O9/c1-2-14(26)9-29-7-8-30-12-16(19,20)32-18(23,24)33-17(21,22)13-31-11-15(27)10-28-6-4-3-5-25/h14-15,25-27H,2-13H2,1H3. The summed E-state index contributed by atoms with van der Waals surface area (Å²) < 4.78 is 105. The summed E-state index contributed by atoms with van der Waals surface area (Å²) in [6.45, 7) is -3.44. The van der Waals surface area contributed by atoms with E-state index >= 15 is 0 Å². The Hall–Kier alpha value is -0.780. The summed E-state index contributed by atoms with van der Waals surface area (Å²) in [5, 5.41) is 27.2. The smallest absolute Gasteiger partial charge is 0.396 e. The van der Waals surface area contributed by atoms with Crippen molar-refractivity contribution < 1.29 is 70.1 Å². The third kappa shape index (κ3) is 19.2. The van der Waals surface area contributed by atoms with Gasteiger partial charge in [0.1, 0.15) is 19.3 Å². The number of halogens is 6. The zero-order chi connectivity index (χ0) is 25.4. The number of rotatable bonds is 22. The molecule has 0 spiro atoms. The summed E-state index contributed by atoms with van der Waals surface area (Å²) in [5.41, 5.74) is 0. The van der Waals surface area contributed by atoms with Crippen molar-refractivity contribution in [1.29, 1.82) is 0 Å². The largest absolute Gasteiger partial charge is 0.495 e. The number of hydrogen-bond donors (Lipinski definition) is 3. The molecular formula is C18H32F6O9. The van der Waals surface area contributed by atoms with Gasteiger partial charge in [-0.2, -0.15) is 17.6 Å². The number of aliphatic hydroxyl groups excluding tert-OH is 3. The van der Waals surface area contributed by atoms with Gasteiger partial charge < -0.3 is 34.3 Å². The van der Waals surface area contributed by atoms with Crippen LogP contribution in [-0.4, -0.2) is 106 Å². The molecule has 0 heterocycles. The predicted molar refractivity (Wildman–Crippen MR) is 98.9 cm³/mol. The minimum Gasteiger partial charge on any atom is -0.396 e. The van der Waals surface area contributed by atoms with Crippen LogP contribution >= 0.6 is 0 Å². The quantitative estimate of drug-likeness (QED) is 0.115. The SMILES string of the molecule is CCC(O)COCCOCC(F)(F)OC(F)(F)OC(F)(F)COCC(O)COCCCCO. The summed E-state index contributed by atoms with van der Waals surface area (Å²) in [7, 11) is 0. The Morgan fingerprint density at radius 1 is 0.667 bits per heavy atom. The number of alkyl halides is 6. The van der Waals surface area contributed by atoms with E-state index in [1.807, 2.05) is 0 Å². The van der Waals surface area contributed by atoms with Gasteiger partial charge in [-0.1, -0.05) is 6.92 Å². The van der Waals surface area contributed by atoms with E-state index < -0.39 is 57.1 Å². The molecule has 200 valence electrons. The highest BCUT2D eigenvalue weighted by Crippen LogP contribution is 2.33. The first kappa shape index (κ1) is 32.2. The molecule has 0 amide bonds. The molecule has 0 saturated carbocycles. The topological polar surface area (TPSA) is 116 Å². The number of ether oxygens (including phenoxy) is 6. The first-order chi connectivity index (χ1) is 15.3. The molecule has 2 unspecified atom stereocenters. The van der Waals surface area contributed by atoms with Crippen molar-refractivity contribution in [3.63, 3.8) is 0 Å². The van der Waals surface area contributed by atoms with Crippen LogP contribution in [0, 0.1) is 0 Å². The van der Waals surface area contributed by atoms with Crippen LogP contribution in [0.15, 0.2) is 0 Å². The summed E-state index contributed by atoms with van der Waals surface area (Å²) in [4.78, 5) is 0. The molecule has 0 aliphatic heterocycles. The maximum absolute atomic E-state index is 13.5. The average Bonchev–Trinajstić information content (AvgIpc) is 2.68. The molecule has 0 aromatic heterocycles. The lowest BCUT2D eigenvalue weighted by atomic mass is 10.3. The van der Waals surface area contributed by atoms with E-state index in [4.69, 9.17) is 14.6 Å². The average molecular weight is 506 g/mol. The number of hydrogen-bond acceptors (Lipinski definition) is 9. The van der Waals surface area contributed by atoms with E-state index in [9.17, 15) is 36.6 Å². The number of unbranched alkanes of at least 4 members (excludes halogenated alkanes) is 1. The van der Waals surface area contributed by atoms with E-state index in [0.29, 0.717) is 19.3 Å². The van der Waals surface area contributed by atoms with Crippen molar-refractivity contribution in [2.75, 3.05) is 59.5 Å². The second-order valence-electron chi connectivity index (χ2n) is 6.81. The van der Waals surface area contributed by atoms with Gasteiger partial charge in [-0.25, -0.2) is 9.47 Å².